The van der Waals surface area contributed by atoms with E-state index >= 15 is 0 Å². The monoisotopic (exact) mass is 214 g/mol. The second kappa shape index (κ2) is 5.03. The second-order valence-corrected chi connectivity index (χ2v) is 4.49. The molecule has 2 nitrogen and oxygen atoms in total. The molecular formula is C14H18N2. The average molecular weight is 214 g/mol. The predicted molar refractivity (Wildman–Crippen MR) is 66.4 cm³/mol. The normalized spacial score (nSPS) is 18.2. The first kappa shape index (κ1) is 11.0. The third-order valence-corrected chi connectivity index (χ3v) is 3.29. The van der Waals surface area contributed by atoms with Crippen LogP contribution in [0.5, 0.6) is 0 Å². The van der Waals surface area contributed by atoms with E-state index in [1.165, 1.54) is 11.3 Å². The van der Waals surface area contributed by atoms with Gasteiger partial charge in [-0.2, -0.15) is 5.26 Å². The summed E-state index contributed by atoms with van der Waals surface area (Å²) in [6.07, 6.45) is 3.98. The van der Waals surface area contributed by atoms with E-state index < -0.39 is 0 Å². The van der Waals surface area contributed by atoms with Gasteiger partial charge in [0.2, 0.25) is 0 Å². The van der Waals surface area contributed by atoms with Crippen molar-refractivity contribution >= 4 is 5.69 Å². The van der Waals surface area contributed by atoms with E-state index in [2.05, 4.69) is 42.2 Å². The van der Waals surface area contributed by atoms with Gasteiger partial charge in [-0.3, -0.25) is 0 Å². The smallest absolute Gasteiger partial charge is 0.0621 e. The number of hydrogen-bond donors (Lipinski definition) is 0. The molecule has 1 unspecified atom stereocenters. The van der Waals surface area contributed by atoms with Gasteiger partial charge in [-0.15, -0.1) is 0 Å². The molecule has 0 bridgehead atoms. The van der Waals surface area contributed by atoms with Crippen LogP contribution in [0.2, 0.25) is 0 Å². The van der Waals surface area contributed by atoms with Crippen LogP contribution in [0.1, 0.15) is 31.7 Å². The van der Waals surface area contributed by atoms with Crippen LogP contribution in [0.25, 0.3) is 0 Å². The molecule has 84 valence electrons. The topological polar surface area (TPSA) is 27.0 Å². The minimum atomic E-state index is 0.611. The third kappa shape index (κ3) is 2.19. The lowest BCUT2D eigenvalue weighted by Crippen LogP contribution is -2.30. The van der Waals surface area contributed by atoms with Crippen molar-refractivity contribution in [3.8, 4) is 6.07 Å². The summed E-state index contributed by atoms with van der Waals surface area (Å²) in [5, 5.41) is 8.50. The Labute approximate surface area is 97.5 Å². The molecule has 0 spiro atoms. The van der Waals surface area contributed by atoms with Crippen LogP contribution in [-0.4, -0.2) is 12.6 Å². The van der Waals surface area contributed by atoms with E-state index in [1.54, 1.807) is 0 Å². The summed E-state index contributed by atoms with van der Waals surface area (Å²) in [7, 11) is 0. The van der Waals surface area contributed by atoms with Gasteiger partial charge >= 0.3 is 0 Å². The van der Waals surface area contributed by atoms with Gasteiger partial charge in [-0.1, -0.05) is 18.2 Å². The highest BCUT2D eigenvalue weighted by atomic mass is 15.2. The summed E-state index contributed by atoms with van der Waals surface area (Å²) in [5.41, 5.74) is 2.86. The second-order valence-electron chi connectivity index (χ2n) is 4.49. The maximum Gasteiger partial charge on any atom is 0.0621 e. The maximum atomic E-state index is 8.50. The molecule has 1 heterocycles. The van der Waals surface area contributed by atoms with Crippen molar-refractivity contribution in [2.45, 2.75) is 38.6 Å². The van der Waals surface area contributed by atoms with Gasteiger partial charge in [0.1, 0.15) is 0 Å². The zero-order valence-corrected chi connectivity index (χ0v) is 9.82. The van der Waals surface area contributed by atoms with E-state index in [0.29, 0.717) is 12.5 Å². The molecule has 0 radical (unpaired) electrons. The Balaban J connectivity index is 1.97. The molecule has 1 aliphatic rings. The van der Waals surface area contributed by atoms with Gasteiger partial charge < -0.3 is 4.90 Å². The van der Waals surface area contributed by atoms with E-state index in [1.807, 2.05) is 0 Å². The van der Waals surface area contributed by atoms with Crippen molar-refractivity contribution in [3.05, 3.63) is 29.8 Å². The Morgan fingerprint density at radius 3 is 3.00 bits per heavy atom. The Hall–Kier alpha value is -1.49. The molecule has 1 aliphatic heterocycles. The van der Waals surface area contributed by atoms with Crippen LogP contribution < -0.4 is 4.90 Å². The van der Waals surface area contributed by atoms with Crippen molar-refractivity contribution in [2.24, 2.45) is 0 Å². The number of hydrogen-bond acceptors (Lipinski definition) is 2. The summed E-state index contributed by atoms with van der Waals surface area (Å²) in [6.45, 7) is 3.37. The molecule has 0 aliphatic carbocycles. The summed E-state index contributed by atoms with van der Waals surface area (Å²) >= 11 is 0. The fourth-order valence-electron chi connectivity index (χ4n) is 2.46. The van der Waals surface area contributed by atoms with Crippen molar-refractivity contribution in [1.82, 2.24) is 0 Å². The molecule has 16 heavy (non-hydrogen) atoms. The number of para-hydroxylation sites is 1. The van der Waals surface area contributed by atoms with Crippen LogP contribution in [-0.2, 0) is 6.42 Å². The first-order chi connectivity index (χ1) is 7.83. The molecule has 0 fully saturated rings. The SMILES string of the molecule is CC1Cc2ccccc2N1CCCCC#N. The molecule has 2 rings (SSSR count). The van der Waals surface area contributed by atoms with Gasteiger partial charge in [0, 0.05) is 24.7 Å². The lowest BCUT2D eigenvalue weighted by Gasteiger charge is -2.24. The van der Waals surface area contributed by atoms with Crippen molar-refractivity contribution in [2.75, 3.05) is 11.4 Å². The van der Waals surface area contributed by atoms with Gasteiger partial charge in [0.25, 0.3) is 0 Å². The van der Waals surface area contributed by atoms with E-state index in [4.69, 9.17) is 5.26 Å². The highest BCUT2D eigenvalue weighted by Gasteiger charge is 2.24. The van der Waals surface area contributed by atoms with Crippen molar-refractivity contribution in [1.29, 1.82) is 5.26 Å². The third-order valence-electron chi connectivity index (χ3n) is 3.29. The van der Waals surface area contributed by atoms with Gasteiger partial charge in [-0.25, -0.2) is 0 Å². The minimum Gasteiger partial charge on any atom is -0.368 e. The van der Waals surface area contributed by atoms with Crippen LogP contribution in [0.15, 0.2) is 24.3 Å². The van der Waals surface area contributed by atoms with Gasteiger partial charge in [-0.05, 0) is 37.8 Å². The fourth-order valence-corrected chi connectivity index (χ4v) is 2.46. The highest BCUT2D eigenvalue weighted by molar-refractivity contribution is 5.59. The number of anilines is 1. The van der Waals surface area contributed by atoms with Crippen molar-refractivity contribution in [3.63, 3.8) is 0 Å². The molecular weight excluding hydrogens is 196 g/mol. The minimum absolute atomic E-state index is 0.611. The van der Waals surface area contributed by atoms with Crippen LogP contribution in [0, 0.1) is 11.3 Å². The lowest BCUT2D eigenvalue weighted by molar-refractivity contribution is 0.632. The largest absolute Gasteiger partial charge is 0.368 e. The Morgan fingerprint density at radius 2 is 2.19 bits per heavy atom. The first-order valence-corrected chi connectivity index (χ1v) is 6.04. The van der Waals surface area contributed by atoms with E-state index in [0.717, 1.165) is 25.8 Å². The summed E-state index contributed by atoms with van der Waals surface area (Å²) in [6, 6.07) is 11.5. The molecule has 0 N–H and O–H groups in total. The summed E-state index contributed by atoms with van der Waals surface area (Å²) in [5.74, 6) is 0. The number of benzene rings is 1. The molecule has 0 saturated heterocycles. The predicted octanol–water partition coefficient (Wildman–Crippen LogP) is 3.13. The first-order valence-electron chi connectivity index (χ1n) is 6.04. The van der Waals surface area contributed by atoms with E-state index in [-0.39, 0.29) is 0 Å². The van der Waals surface area contributed by atoms with Gasteiger partial charge in [0.05, 0.1) is 6.07 Å². The number of rotatable bonds is 4. The van der Waals surface area contributed by atoms with Gasteiger partial charge in [0.15, 0.2) is 0 Å². The summed E-state index contributed by atoms with van der Waals surface area (Å²) < 4.78 is 0. The fraction of sp³-hybridized carbons (Fsp3) is 0.500. The quantitative estimate of drug-likeness (QED) is 0.720. The zero-order valence-electron chi connectivity index (χ0n) is 9.82. The molecule has 1 atom stereocenters. The number of fused-ring (bicyclic) bond motifs is 1. The zero-order chi connectivity index (χ0) is 11.4. The van der Waals surface area contributed by atoms with Crippen LogP contribution in [0.3, 0.4) is 0 Å². The van der Waals surface area contributed by atoms with Crippen LogP contribution in [0.4, 0.5) is 5.69 Å². The van der Waals surface area contributed by atoms with Crippen molar-refractivity contribution < 1.29 is 0 Å². The average Bonchev–Trinajstić information content (AvgIpc) is 2.61. The molecule has 0 saturated carbocycles. The summed E-state index contributed by atoms with van der Waals surface area (Å²) in [4.78, 5) is 2.48. The number of nitrogens with zero attached hydrogens (tertiary/aromatic N) is 2. The maximum absolute atomic E-state index is 8.50. The molecule has 2 heteroatoms. The van der Waals surface area contributed by atoms with E-state index in [9.17, 15) is 0 Å². The highest BCUT2D eigenvalue weighted by Crippen LogP contribution is 2.31. The Morgan fingerprint density at radius 1 is 1.38 bits per heavy atom. The lowest BCUT2D eigenvalue weighted by atomic mass is 10.1. The number of unbranched alkanes of at least 4 members (excludes halogenated alkanes) is 2. The molecule has 1 aromatic rings. The molecule has 0 amide bonds. The Kier molecular flexibility index (Phi) is 3.46. The Bertz CT molecular complexity index is 392. The molecule has 1 aromatic carbocycles. The van der Waals surface area contributed by atoms with Crippen LogP contribution >= 0.6 is 0 Å². The standard InChI is InChI=1S/C14H18N2/c1-12-11-13-7-3-4-8-14(13)16(12)10-6-2-5-9-15/h3-4,7-8,12H,2,5-6,10-11H2,1H3. The molecule has 0 aromatic heterocycles. The number of nitriles is 1.